The summed E-state index contributed by atoms with van der Waals surface area (Å²) in [5.41, 5.74) is 7.16. The summed E-state index contributed by atoms with van der Waals surface area (Å²) in [5.74, 6) is -1.11. The van der Waals surface area contributed by atoms with Gasteiger partial charge in [-0.15, -0.1) is 0 Å². The fourth-order valence-electron chi connectivity index (χ4n) is 2.51. The van der Waals surface area contributed by atoms with E-state index >= 15 is 0 Å². The minimum absolute atomic E-state index is 0.221. The van der Waals surface area contributed by atoms with E-state index in [9.17, 15) is 22.8 Å². The van der Waals surface area contributed by atoms with Gasteiger partial charge in [-0.2, -0.15) is 13.2 Å². The monoisotopic (exact) mass is 326 g/mol. The van der Waals surface area contributed by atoms with Gasteiger partial charge in [0.2, 0.25) is 0 Å². The highest BCUT2D eigenvalue weighted by atomic mass is 19.4. The third kappa shape index (κ3) is 3.62. The maximum absolute atomic E-state index is 12.6. The number of halogens is 3. The van der Waals surface area contributed by atoms with Gasteiger partial charge in [-0.05, 0) is 24.1 Å². The van der Waals surface area contributed by atoms with Gasteiger partial charge in [-0.3, -0.25) is 14.5 Å². The fraction of sp³-hybridized carbons (Fsp3) is 0.429. The molecule has 1 aliphatic rings. The number of azide groups is 1. The minimum Gasteiger partial charge on any atom is -0.274 e. The zero-order chi connectivity index (χ0) is 17.3. The van der Waals surface area contributed by atoms with E-state index in [1.54, 1.807) is 12.1 Å². The normalized spacial score (nSPS) is 16.8. The molecular weight excluding hydrogens is 313 g/mol. The summed E-state index contributed by atoms with van der Waals surface area (Å²) in [5, 5.41) is 3.21. The van der Waals surface area contributed by atoms with Crippen LogP contribution in [0.3, 0.4) is 0 Å². The molecule has 1 heterocycles. The zero-order valence-corrected chi connectivity index (χ0v) is 12.2. The summed E-state index contributed by atoms with van der Waals surface area (Å²) in [6.07, 6.45) is -6.12. The SMILES string of the molecule is C[C@@](CCN1C(=O)c2ccccc2C1=O)(CC(F)(F)F)N=[N+]=[N-]. The molecule has 122 valence electrons. The first-order valence-corrected chi connectivity index (χ1v) is 6.75. The van der Waals surface area contributed by atoms with Crippen LogP contribution in [0.25, 0.3) is 10.4 Å². The predicted octanol–water partition coefficient (Wildman–Crippen LogP) is 3.69. The Kier molecular flexibility index (Phi) is 4.33. The van der Waals surface area contributed by atoms with Crippen LogP contribution < -0.4 is 0 Å². The third-order valence-corrected chi connectivity index (χ3v) is 3.62. The lowest BCUT2D eigenvalue weighted by atomic mass is 9.94. The quantitative estimate of drug-likeness (QED) is 0.357. The van der Waals surface area contributed by atoms with Crippen LogP contribution >= 0.6 is 0 Å². The highest BCUT2D eigenvalue weighted by Gasteiger charge is 2.41. The minimum atomic E-state index is -4.52. The highest BCUT2D eigenvalue weighted by Crippen LogP contribution is 2.33. The first kappa shape index (κ1) is 16.8. The molecule has 6 nitrogen and oxygen atoms in total. The summed E-state index contributed by atoms with van der Waals surface area (Å²) in [7, 11) is 0. The molecule has 0 saturated carbocycles. The van der Waals surface area contributed by atoms with E-state index in [-0.39, 0.29) is 24.1 Å². The number of hydrogen-bond donors (Lipinski definition) is 0. The second kappa shape index (κ2) is 5.92. The Labute approximate surface area is 129 Å². The smallest absolute Gasteiger partial charge is 0.274 e. The number of nitrogens with zero attached hydrogens (tertiary/aromatic N) is 4. The number of alkyl halides is 3. The van der Waals surface area contributed by atoms with Crippen LogP contribution in [-0.4, -0.2) is 35.0 Å². The predicted molar refractivity (Wildman–Crippen MR) is 74.6 cm³/mol. The van der Waals surface area contributed by atoms with Crippen molar-refractivity contribution in [3.63, 3.8) is 0 Å². The van der Waals surface area contributed by atoms with Gasteiger partial charge < -0.3 is 0 Å². The van der Waals surface area contributed by atoms with E-state index in [1.807, 2.05) is 0 Å². The van der Waals surface area contributed by atoms with Crippen molar-refractivity contribution in [1.82, 2.24) is 4.90 Å². The standard InChI is InChI=1S/C14H13F3N4O2/c1-13(19-20-18,8-14(15,16)17)6-7-21-11(22)9-4-2-3-5-10(9)12(21)23/h2-5H,6-8H2,1H3/t13-/m1/s1. The number of carbonyl (C=O) groups excluding carboxylic acids is 2. The molecule has 0 radical (unpaired) electrons. The summed E-state index contributed by atoms with van der Waals surface area (Å²) in [4.78, 5) is 27.6. The number of rotatable bonds is 5. The number of amides is 2. The molecule has 0 aromatic heterocycles. The number of imide groups is 1. The highest BCUT2D eigenvalue weighted by molar-refractivity contribution is 6.21. The Morgan fingerprint density at radius 2 is 1.70 bits per heavy atom. The second-order valence-corrected chi connectivity index (χ2v) is 5.54. The second-order valence-electron chi connectivity index (χ2n) is 5.54. The van der Waals surface area contributed by atoms with E-state index < -0.39 is 30.0 Å². The lowest BCUT2D eigenvalue weighted by Crippen LogP contribution is -2.37. The first-order valence-electron chi connectivity index (χ1n) is 6.75. The van der Waals surface area contributed by atoms with E-state index in [4.69, 9.17) is 5.53 Å². The molecule has 9 heteroatoms. The lowest BCUT2D eigenvalue weighted by molar-refractivity contribution is -0.146. The summed E-state index contributed by atoms with van der Waals surface area (Å²) < 4.78 is 37.8. The zero-order valence-electron chi connectivity index (χ0n) is 12.2. The van der Waals surface area contributed by atoms with E-state index in [1.165, 1.54) is 12.1 Å². The Bertz CT molecular complexity index is 663. The lowest BCUT2D eigenvalue weighted by Gasteiger charge is -2.27. The van der Waals surface area contributed by atoms with Crippen LogP contribution in [0.1, 0.15) is 40.5 Å². The van der Waals surface area contributed by atoms with Gasteiger partial charge in [-0.25, -0.2) is 0 Å². The molecule has 1 atom stereocenters. The molecule has 2 rings (SSSR count). The molecule has 2 amide bonds. The molecule has 1 aliphatic heterocycles. The van der Waals surface area contributed by atoms with Crippen molar-refractivity contribution in [2.75, 3.05) is 6.54 Å². The molecule has 23 heavy (non-hydrogen) atoms. The molecule has 0 fully saturated rings. The van der Waals surface area contributed by atoms with Gasteiger partial charge >= 0.3 is 6.18 Å². The van der Waals surface area contributed by atoms with Crippen LogP contribution in [0.2, 0.25) is 0 Å². The number of benzene rings is 1. The van der Waals surface area contributed by atoms with Gasteiger partial charge in [0, 0.05) is 11.5 Å². The van der Waals surface area contributed by atoms with Crippen molar-refractivity contribution >= 4 is 11.8 Å². The van der Waals surface area contributed by atoms with Crippen LogP contribution in [0.5, 0.6) is 0 Å². The van der Waals surface area contributed by atoms with E-state index in [2.05, 4.69) is 10.0 Å². The molecular formula is C14H13F3N4O2. The van der Waals surface area contributed by atoms with Gasteiger partial charge in [0.25, 0.3) is 11.8 Å². The summed E-state index contributed by atoms with van der Waals surface area (Å²) >= 11 is 0. The fourth-order valence-corrected chi connectivity index (χ4v) is 2.51. The molecule has 1 aromatic rings. The van der Waals surface area contributed by atoms with Crippen molar-refractivity contribution in [3.05, 3.63) is 45.8 Å². The van der Waals surface area contributed by atoms with Gasteiger partial charge in [-0.1, -0.05) is 24.2 Å². The molecule has 0 N–H and O–H groups in total. The average Bonchev–Trinajstić information content (AvgIpc) is 2.68. The van der Waals surface area contributed by atoms with Crippen LogP contribution in [-0.2, 0) is 0 Å². The first-order chi connectivity index (χ1) is 10.7. The van der Waals surface area contributed by atoms with Gasteiger partial charge in [0.15, 0.2) is 0 Å². The van der Waals surface area contributed by atoms with Crippen LogP contribution in [0.15, 0.2) is 29.4 Å². The summed E-state index contributed by atoms with van der Waals surface area (Å²) in [6, 6.07) is 6.17. The van der Waals surface area contributed by atoms with Crippen molar-refractivity contribution in [1.29, 1.82) is 0 Å². The summed E-state index contributed by atoms with van der Waals surface area (Å²) in [6.45, 7) is 0.899. The average molecular weight is 326 g/mol. The molecule has 1 aromatic carbocycles. The number of hydrogen-bond acceptors (Lipinski definition) is 3. The van der Waals surface area contributed by atoms with Crippen molar-refractivity contribution in [2.24, 2.45) is 5.11 Å². The van der Waals surface area contributed by atoms with Gasteiger partial charge in [0.1, 0.15) is 0 Å². The number of fused-ring (bicyclic) bond motifs is 1. The number of carbonyl (C=O) groups is 2. The van der Waals surface area contributed by atoms with Crippen LogP contribution in [0.4, 0.5) is 13.2 Å². The van der Waals surface area contributed by atoms with Gasteiger partial charge in [0.05, 0.1) is 23.1 Å². The van der Waals surface area contributed by atoms with Crippen molar-refractivity contribution in [3.8, 4) is 0 Å². The van der Waals surface area contributed by atoms with Crippen molar-refractivity contribution in [2.45, 2.75) is 31.5 Å². The largest absolute Gasteiger partial charge is 0.389 e. The molecule has 0 bridgehead atoms. The van der Waals surface area contributed by atoms with Crippen LogP contribution in [0, 0.1) is 0 Å². The Balaban J connectivity index is 2.15. The third-order valence-electron chi connectivity index (χ3n) is 3.62. The molecule has 0 aliphatic carbocycles. The Morgan fingerprint density at radius 3 is 2.13 bits per heavy atom. The maximum Gasteiger partial charge on any atom is 0.389 e. The Hall–Kier alpha value is -2.54. The topological polar surface area (TPSA) is 86.1 Å². The van der Waals surface area contributed by atoms with E-state index in [0.29, 0.717) is 0 Å². The maximum atomic E-state index is 12.6. The van der Waals surface area contributed by atoms with E-state index in [0.717, 1.165) is 11.8 Å². The molecule has 0 spiro atoms. The van der Waals surface area contributed by atoms with Crippen molar-refractivity contribution < 1.29 is 22.8 Å². The molecule has 0 saturated heterocycles. The Morgan fingerprint density at radius 1 is 1.17 bits per heavy atom. The molecule has 0 unspecified atom stereocenters.